The standard InChI is InChI=1S/C20H26N2O3/c1-23-19-8-7-17-15-22(16-18-6-2-3-9-21-18)10-13-24-11-4-5-12-25-20(17)14-19/h2-3,6-9,14H,4-5,10-13,15-16H2,1H3. The molecule has 1 aliphatic heterocycles. The number of benzene rings is 1. The molecule has 1 aromatic heterocycles. The fourth-order valence-corrected chi connectivity index (χ4v) is 2.89. The molecule has 0 N–H and O–H groups in total. The van der Waals surface area contributed by atoms with E-state index in [4.69, 9.17) is 14.2 Å². The summed E-state index contributed by atoms with van der Waals surface area (Å²) in [5.74, 6) is 1.73. The fourth-order valence-electron chi connectivity index (χ4n) is 2.89. The first-order chi connectivity index (χ1) is 12.3. The minimum absolute atomic E-state index is 0.698. The molecule has 2 heterocycles. The van der Waals surface area contributed by atoms with Gasteiger partial charge in [-0.25, -0.2) is 0 Å². The third-order valence-electron chi connectivity index (χ3n) is 4.27. The number of aromatic nitrogens is 1. The normalized spacial score (nSPS) is 16.8. The van der Waals surface area contributed by atoms with Gasteiger partial charge in [0, 0.05) is 44.1 Å². The molecule has 0 bridgehead atoms. The smallest absolute Gasteiger partial charge is 0.127 e. The van der Waals surface area contributed by atoms with Crippen LogP contribution in [0.25, 0.3) is 0 Å². The van der Waals surface area contributed by atoms with E-state index >= 15 is 0 Å². The minimum atomic E-state index is 0.698. The third kappa shape index (κ3) is 5.44. The number of fused-ring (bicyclic) bond motifs is 1. The number of pyridine rings is 1. The Balaban J connectivity index is 1.79. The van der Waals surface area contributed by atoms with Crippen molar-refractivity contribution >= 4 is 0 Å². The first-order valence-electron chi connectivity index (χ1n) is 8.85. The van der Waals surface area contributed by atoms with Crippen LogP contribution in [0, 0.1) is 0 Å². The van der Waals surface area contributed by atoms with Gasteiger partial charge < -0.3 is 14.2 Å². The van der Waals surface area contributed by atoms with Crippen LogP contribution in [0.1, 0.15) is 24.1 Å². The van der Waals surface area contributed by atoms with Crippen molar-refractivity contribution in [3.05, 3.63) is 53.9 Å². The van der Waals surface area contributed by atoms with E-state index < -0.39 is 0 Å². The van der Waals surface area contributed by atoms with Crippen LogP contribution in [0.4, 0.5) is 0 Å². The summed E-state index contributed by atoms with van der Waals surface area (Å²) in [5.41, 5.74) is 2.22. The van der Waals surface area contributed by atoms with Gasteiger partial charge in [-0.3, -0.25) is 9.88 Å². The SMILES string of the molecule is COc1ccc2c(c1)OCCCCOCCN(Cc1ccccn1)C2. The van der Waals surface area contributed by atoms with Crippen molar-refractivity contribution in [1.29, 1.82) is 0 Å². The van der Waals surface area contributed by atoms with Crippen molar-refractivity contribution < 1.29 is 14.2 Å². The highest BCUT2D eigenvalue weighted by Gasteiger charge is 2.13. The van der Waals surface area contributed by atoms with Crippen LogP contribution in [0.2, 0.25) is 0 Å². The summed E-state index contributed by atoms with van der Waals surface area (Å²) in [6, 6.07) is 12.1. The average molecular weight is 342 g/mol. The third-order valence-corrected chi connectivity index (χ3v) is 4.27. The summed E-state index contributed by atoms with van der Waals surface area (Å²) in [7, 11) is 1.68. The van der Waals surface area contributed by atoms with Gasteiger partial charge in [0.25, 0.3) is 0 Å². The maximum Gasteiger partial charge on any atom is 0.127 e. The molecule has 1 aromatic carbocycles. The molecule has 0 fully saturated rings. The molecule has 0 atom stereocenters. The Morgan fingerprint density at radius 2 is 2.04 bits per heavy atom. The van der Waals surface area contributed by atoms with Crippen molar-refractivity contribution in [2.75, 3.05) is 33.5 Å². The largest absolute Gasteiger partial charge is 0.497 e. The van der Waals surface area contributed by atoms with Crippen LogP contribution in [0.5, 0.6) is 11.5 Å². The maximum absolute atomic E-state index is 6.02. The lowest BCUT2D eigenvalue weighted by Gasteiger charge is -2.24. The van der Waals surface area contributed by atoms with E-state index in [-0.39, 0.29) is 0 Å². The van der Waals surface area contributed by atoms with E-state index in [1.54, 1.807) is 7.11 Å². The van der Waals surface area contributed by atoms with E-state index in [9.17, 15) is 0 Å². The summed E-state index contributed by atoms with van der Waals surface area (Å²) in [6.07, 6.45) is 3.85. The van der Waals surface area contributed by atoms with Crippen LogP contribution >= 0.6 is 0 Å². The number of ether oxygens (including phenoxy) is 3. The van der Waals surface area contributed by atoms with E-state index in [0.717, 1.165) is 68.4 Å². The Kier molecular flexibility index (Phi) is 6.65. The molecule has 0 radical (unpaired) electrons. The predicted octanol–water partition coefficient (Wildman–Crippen LogP) is 3.28. The van der Waals surface area contributed by atoms with Crippen LogP contribution < -0.4 is 9.47 Å². The molecule has 0 saturated carbocycles. The quantitative estimate of drug-likeness (QED) is 0.856. The van der Waals surface area contributed by atoms with Crippen LogP contribution in [0.15, 0.2) is 42.6 Å². The van der Waals surface area contributed by atoms with Crippen molar-refractivity contribution in [2.45, 2.75) is 25.9 Å². The summed E-state index contributed by atoms with van der Waals surface area (Å²) in [4.78, 5) is 6.80. The first kappa shape index (κ1) is 17.7. The molecule has 0 spiro atoms. The number of rotatable bonds is 3. The van der Waals surface area contributed by atoms with Crippen molar-refractivity contribution in [2.24, 2.45) is 0 Å². The van der Waals surface area contributed by atoms with Gasteiger partial charge in [-0.05, 0) is 31.0 Å². The molecule has 0 saturated heterocycles. The second kappa shape index (κ2) is 9.39. The first-order valence-corrected chi connectivity index (χ1v) is 8.85. The van der Waals surface area contributed by atoms with E-state index in [1.807, 2.05) is 30.5 Å². The van der Waals surface area contributed by atoms with Gasteiger partial charge in [-0.15, -0.1) is 0 Å². The summed E-state index contributed by atoms with van der Waals surface area (Å²) < 4.78 is 17.1. The highest BCUT2D eigenvalue weighted by molar-refractivity contribution is 5.40. The number of nitrogens with zero attached hydrogens (tertiary/aromatic N) is 2. The van der Waals surface area contributed by atoms with E-state index in [0.29, 0.717) is 6.61 Å². The zero-order valence-corrected chi connectivity index (χ0v) is 14.8. The van der Waals surface area contributed by atoms with Gasteiger partial charge in [0.1, 0.15) is 11.5 Å². The second-order valence-corrected chi connectivity index (χ2v) is 6.17. The maximum atomic E-state index is 6.02. The average Bonchev–Trinajstić information content (AvgIpc) is 2.64. The topological polar surface area (TPSA) is 43.8 Å². The molecule has 25 heavy (non-hydrogen) atoms. The zero-order valence-electron chi connectivity index (χ0n) is 14.8. The fraction of sp³-hybridized carbons (Fsp3) is 0.450. The summed E-state index contributed by atoms with van der Waals surface area (Å²) in [5, 5.41) is 0. The van der Waals surface area contributed by atoms with Crippen molar-refractivity contribution in [1.82, 2.24) is 9.88 Å². The van der Waals surface area contributed by atoms with Crippen LogP contribution in [-0.2, 0) is 17.8 Å². The Hall–Kier alpha value is -2.11. The summed E-state index contributed by atoms with van der Waals surface area (Å²) in [6.45, 7) is 4.66. The zero-order chi connectivity index (χ0) is 17.3. The Labute approximate surface area is 149 Å². The van der Waals surface area contributed by atoms with E-state index in [2.05, 4.69) is 22.0 Å². The predicted molar refractivity (Wildman–Crippen MR) is 96.9 cm³/mol. The molecular formula is C20H26N2O3. The molecule has 2 aromatic rings. The monoisotopic (exact) mass is 342 g/mol. The number of hydrogen-bond donors (Lipinski definition) is 0. The highest BCUT2D eigenvalue weighted by Crippen LogP contribution is 2.27. The molecule has 0 aliphatic carbocycles. The second-order valence-electron chi connectivity index (χ2n) is 6.17. The molecule has 0 amide bonds. The minimum Gasteiger partial charge on any atom is -0.497 e. The van der Waals surface area contributed by atoms with Gasteiger partial charge in [0.2, 0.25) is 0 Å². The Morgan fingerprint density at radius 1 is 1.12 bits per heavy atom. The lowest BCUT2D eigenvalue weighted by Crippen LogP contribution is -2.28. The van der Waals surface area contributed by atoms with Crippen molar-refractivity contribution in [3.8, 4) is 11.5 Å². The van der Waals surface area contributed by atoms with E-state index in [1.165, 1.54) is 0 Å². The van der Waals surface area contributed by atoms with Gasteiger partial charge in [-0.2, -0.15) is 0 Å². The van der Waals surface area contributed by atoms with Gasteiger partial charge in [0.15, 0.2) is 0 Å². The molecule has 134 valence electrons. The lowest BCUT2D eigenvalue weighted by atomic mass is 10.1. The molecule has 5 heteroatoms. The number of methoxy groups -OCH3 is 1. The van der Waals surface area contributed by atoms with Crippen LogP contribution in [0.3, 0.4) is 0 Å². The van der Waals surface area contributed by atoms with Gasteiger partial charge in [-0.1, -0.05) is 12.1 Å². The van der Waals surface area contributed by atoms with Crippen molar-refractivity contribution in [3.63, 3.8) is 0 Å². The number of hydrogen-bond acceptors (Lipinski definition) is 5. The molecule has 0 unspecified atom stereocenters. The lowest BCUT2D eigenvalue weighted by molar-refractivity contribution is 0.0905. The molecule has 5 nitrogen and oxygen atoms in total. The summed E-state index contributed by atoms with van der Waals surface area (Å²) >= 11 is 0. The Morgan fingerprint density at radius 3 is 2.88 bits per heavy atom. The molecular weight excluding hydrogens is 316 g/mol. The molecule has 1 aliphatic rings. The van der Waals surface area contributed by atoms with Gasteiger partial charge in [0.05, 0.1) is 26.0 Å². The molecule has 3 rings (SSSR count). The van der Waals surface area contributed by atoms with Crippen LogP contribution in [-0.4, -0.2) is 43.4 Å². The van der Waals surface area contributed by atoms with Gasteiger partial charge >= 0.3 is 0 Å². The Bertz CT molecular complexity index is 649. The highest BCUT2D eigenvalue weighted by atomic mass is 16.5.